The molecular weight excluding hydrogens is 351 g/mol. The fourth-order valence-corrected chi connectivity index (χ4v) is 3.14. The van der Waals surface area contributed by atoms with Crippen LogP contribution in [0.1, 0.15) is 31.4 Å². The van der Waals surface area contributed by atoms with E-state index < -0.39 is 0 Å². The fourth-order valence-electron chi connectivity index (χ4n) is 3.14. The average Bonchev–Trinajstić information content (AvgIpc) is 2.59. The zero-order valence-corrected chi connectivity index (χ0v) is 16.6. The maximum Gasteiger partial charge on any atom is 0.131 e. The van der Waals surface area contributed by atoms with E-state index in [1.54, 1.807) is 21.3 Å². The monoisotopic (exact) mass is 380 g/mol. The van der Waals surface area contributed by atoms with Gasteiger partial charge in [-0.2, -0.15) is 0 Å². The summed E-state index contributed by atoms with van der Waals surface area (Å²) in [6.07, 6.45) is 2.20. The molecule has 1 aromatic rings. The highest BCUT2D eigenvalue weighted by Crippen LogP contribution is 2.42. The number of nitrogens with zero attached hydrogens (tertiary/aromatic N) is 1. The van der Waals surface area contributed by atoms with Gasteiger partial charge < -0.3 is 19.5 Å². The molecule has 24 heavy (non-hydrogen) atoms. The largest absolute Gasteiger partial charge is 0.496 e. The molecule has 1 aliphatic heterocycles. The third-order valence-corrected chi connectivity index (χ3v) is 4.24. The number of methoxy groups -OCH3 is 3. The molecule has 0 aromatic heterocycles. The molecule has 0 amide bonds. The van der Waals surface area contributed by atoms with Crippen molar-refractivity contribution in [3.05, 3.63) is 17.7 Å². The molecule has 1 aromatic carbocycles. The number of hydrogen-bond donors (Lipinski definition) is 1. The van der Waals surface area contributed by atoms with Crippen LogP contribution in [0.3, 0.4) is 0 Å². The van der Waals surface area contributed by atoms with Gasteiger partial charge in [0.2, 0.25) is 0 Å². The van der Waals surface area contributed by atoms with Crippen LogP contribution in [0.5, 0.6) is 17.2 Å². The lowest BCUT2D eigenvalue weighted by Gasteiger charge is -2.36. The van der Waals surface area contributed by atoms with Crippen molar-refractivity contribution < 1.29 is 14.2 Å². The number of halogens is 2. The van der Waals surface area contributed by atoms with Crippen LogP contribution in [0.15, 0.2) is 12.1 Å². The van der Waals surface area contributed by atoms with Crippen LogP contribution in [-0.4, -0.2) is 52.4 Å². The van der Waals surface area contributed by atoms with Crippen molar-refractivity contribution in [1.29, 1.82) is 0 Å². The van der Waals surface area contributed by atoms with Crippen LogP contribution in [0.25, 0.3) is 0 Å². The van der Waals surface area contributed by atoms with Crippen molar-refractivity contribution >= 4 is 24.8 Å². The number of rotatable bonds is 7. The average molecular weight is 381 g/mol. The molecule has 0 bridgehead atoms. The third kappa shape index (κ3) is 5.31. The van der Waals surface area contributed by atoms with Crippen molar-refractivity contribution in [2.45, 2.75) is 25.8 Å². The van der Waals surface area contributed by atoms with Gasteiger partial charge in [-0.25, -0.2) is 0 Å². The first kappa shape index (κ1) is 23.1. The zero-order chi connectivity index (χ0) is 15.9. The highest BCUT2D eigenvalue weighted by atomic mass is 35.5. The first-order chi connectivity index (χ1) is 10.7. The Morgan fingerprint density at radius 1 is 1.00 bits per heavy atom. The van der Waals surface area contributed by atoms with E-state index >= 15 is 0 Å². The van der Waals surface area contributed by atoms with E-state index in [2.05, 4.69) is 17.1 Å². The molecule has 5 nitrogen and oxygen atoms in total. The molecule has 0 radical (unpaired) electrons. The predicted octanol–water partition coefficient (Wildman–Crippen LogP) is 3.30. The van der Waals surface area contributed by atoms with Gasteiger partial charge in [0.05, 0.1) is 26.9 Å². The lowest BCUT2D eigenvalue weighted by molar-refractivity contribution is 0.158. The Balaban J connectivity index is 0.00000264. The second-order valence-corrected chi connectivity index (χ2v) is 5.54. The first-order valence-corrected chi connectivity index (χ1v) is 7.99. The Bertz CT molecular complexity index is 458. The molecule has 1 atom stereocenters. The van der Waals surface area contributed by atoms with Gasteiger partial charge in [-0.3, -0.25) is 4.90 Å². The standard InChI is InChI=1S/C17H28N2O3.2ClH/c1-5-6-14(19-9-7-18-8-10-19)17-15(21-3)11-13(20-2)12-16(17)22-4;;/h11-12,14,18H,5-10H2,1-4H3;2*1H/t14-;;/m1../s1. The Morgan fingerprint density at radius 3 is 1.96 bits per heavy atom. The Hall–Kier alpha value is -0.880. The maximum absolute atomic E-state index is 5.65. The number of piperazine rings is 1. The molecule has 1 N–H and O–H groups in total. The van der Waals surface area contributed by atoms with Crippen molar-refractivity contribution in [3.8, 4) is 17.2 Å². The van der Waals surface area contributed by atoms with Crippen LogP contribution in [0.2, 0.25) is 0 Å². The topological polar surface area (TPSA) is 43.0 Å². The predicted molar refractivity (Wildman–Crippen MR) is 103 cm³/mol. The van der Waals surface area contributed by atoms with Gasteiger partial charge in [0.25, 0.3) is 0 Å². The molecule has 1 heterocycles. The second kappa shape index (κ2) is 11.6. The van der Waals surface area contributed by atoms with Gasteiger partial charge in [0.15, 0.2) is 0 Å². The van der Waals surface area contributed by atoms with Crippen molar-refractivity contribution in [2.75, 3.05) is 47.5 Å². The second-order valence-electron chi connectivity index (χ2n) is 5.54. The number of hydrogen-bond acceptors (Lipinski definition) is 5. The molecule has 1 saturated heterocycles. The van der Waals surface area contributed by atoms with Gasteiger partial charge in [-0.15, -0.1) is 24.8 Å². The van der Waals surface area contributed by atoms with Gasteiger partial charge in [-0.05, 0) is 6.42 Å². The molecule has 0 aliphatic carbocycles. The molecular formula is C17H30Cl2N2O3. The molecule has 2 rings (SSSR count). The van der Waals surface area contributed by atoms with Crippen LogP contribution in [-0.2, 0) is 0 Å². The Labute approximate surface area is 157 Å². The summed E-state index contributed by atoms with van der Waals surface area (Å²) < 4.78 is 16.6. The Morgan fingerprint density at radius 2 is 1.54 bits per heavy atom. The minimum atomic E-state index is 0. The van der Waals surface area contributed by atoms with Crippen LogP contribution in [0, 0.1) is 0 Å². The molecule has 0 unspecified atom stereocenters. The summed E-state index contributed by atoms with van der Waals surface area (Å²) in [7, 11) is 5.07. The maximum atomic E-state index is 5.65. The van der Waals surface area contributed by atoms with E-state index in [0.29, 0.717) is 6.04 Å². The lowest BCUT2D eigenvalue weighted by atomic mass is 9.97. The first-order valence-electron chi connectivity index (χ1n) is 7.99. The number of nitrogens with one attached hydrogen (secondary N) is 1. The molecule has 0 saturated carbocycles. The van der Waals surface area contributed by atoms with E-state index in [1.165, 1.54) is 0 Å². The third-order valence-electron chi connectivity index (χ3n) is 4.24. The quantitative estimate of drug-likeness (QED) is 0.785. The molecule has 0 spiro atoms. The molecule has 1 fully saturated rings. The number of ether oxygens (including phenoxy) is 3. The van der Waals surface area contributed by atoms with E-state index in [4.69, 9.17) is 14.2 Å². The molecule has 1 aliphatic rings. The fraction of sp³-hybridized carbons (Fsp3) is 0.647. The van der Waals surface area contributed by atoms with E-state index in [0.717, 1.165) is 61.8 Å². The highest BCUT2D eigenvalue weighted by Gasteiger charge is 2.28. The summed E-state index contributed by atoms with van der Waals surface area (Å²) in [5, 5.41) is 3.41. The summed E-state index contributed by atoms with van der Waals surface area (Å²) in [6, 6.07) is 4.20. The summed E-state index contributed by atoms with van der Waals surface area (Å²) >= 11 is 0. The highest BCUT2D eigenvalue weighted by molar-refractivity contribution is 5.85. The summed E-state index contributed by atoms with van der Waals surface area (Å²) in [5.74, 6) is 2.44. The van der Waals surface area contributed by atoms with E-state index in [-0.39, 0.29) is 24.8 Å². The SMILES string of the molecule is CCC[C@H](c1c(OC)cc(OC)cc1OC)N1CCNCC1.Cl.Cl. The van der Waals surface area contributed by atoms with Crippen LogP contribution >= 0.6 is 24.8 Å². The van der Waals surface area contributed by atoms with Gasteiger partial charge in [-0.1, -0.05) is 13.3 Å². The van der Waals surface area contributed by atoms with Crippen LogP contribution < -0.4 is 19.5 Å². The number of benzene rings is 1. The van der Waals surface area contributed by atoms with E-state index in [1.807, 2.05) is 12.1 Å². The minimum Gasteiger partial charge on any atom is -0.496 e. The van der Waals surface area contributed by atoms with Crippen molar-refractivity contribution in [3.63, 3.8) is 0 Å². The lowest BCUT2D eigenvalue weighted by Crippen LogP contribution is -2.45. The van der Waals surface area contributed by atoms with E-state index in [9.17, 15) is 0 Å². The smallest absolute Gasteiger partial charge is 0.131 e. The summed E-state index contributed by atoms with van der Waals surface area (Å²) in [6.45, 7) is 6.37. The molecule has 140 valence electrons. The van der Waals surface area contributed by atoms with Gasteiger partial charge in [0, 0.05) is 44.4 Å². The van der Waals surface area contributed by atoms with Crippen molar-refractivity contribution in [1.82, 2.24) is 10.2 Å². The van der Waals surface area contributed by atoms with Gasteiger partial charge in [0.1, 0.15) is 17.2 Å². The Kier molecular flexibility index (Phi) is 11.2. The zero-order valence-electron chi connectivity index (χ0n) is 15.0. The summed E-state index contributed by atoms with van der Waals surface area (Å²) in [4.78, 5) is 2.52. The van der Waals surface area contributed by atoms with Gasteiger partial charge >= 0.3 is 0 Å². The minimum absolute atomic E-state index is 0. The van der Waals surface area contributed by atoms with Crippen LogP contribution in [0.4, 0.5) is 0 Å². The normalized spacial score (nSPS) is 15.7. The molecule has 7 heteroatoms. The summed E-state index contributed by atoms with van der Waals surface area (Å²) in [5.41, 5.74) is 1.13. The van der Waals surface area contributed by atoms with Crippen molar-refractivity contribution in [2.24, 2.45) is 0 Å².